The first-order chi connectivity index (χ1) is 9.75. The topological polar surface area (TPSA) is 60.9 Å². The molecular weight excluding hydrogens is 276 g/mol. The van der Waals surface area contributed by atoms with Crippen LogP contribution in [0.15, 0.2) is 12.7 Å². The van der Waals surface area contributed by atoms with E-state index in [0.29, 0.717) is 10.9 Å². The summed E-state index contributed by atoms with van der Waals surface area (Å²) >= 11 is 6.22. The van der Waals surface area contributed by atoms with Gasteiger partial charge < -0.3 is 0 Å². The smallest absolute Gasteiger partial charge is 0.255 e. The molecule has 3 heterocycles. The second kappa shape index (κ2) is 4.28. The van der Waals surface area contributed by atoms with Gasteiger partial charge in [-0.2, -0.15) is 19.6 Å². The van der Waals surface area contributed by atoms with Gasteiger partial charge in [-0.05, 0) is 32.6 Å². The maximum absolute atomic E-state index is 6.22. The van der Waals surface area contributed by atoms with Crippen LogP contribution in [0.4, 0.5) is 0 Å². The van der Waals surface area contributed by atoms with Crippen LogP contribution in [0.3, 0.4) is 0 Å². The van der Waals surface area contributed by atoms with E-state index in [0.717, 1.165) is 24.2 Å². The molecule has 0 N–H and O–H groups in total. The van der Waals surface area contributed by atoms with E-state index in [-0.39, 0.29) is 0 Å². The zero-order chi connectivity index (χ0) is 13.7. The predicted molar refractivity (Wildman–Crippen MR) is 74.3 cm³/mol. The summed E-state index contributed by atoms with van der Waals surface area (Å²) in [6.07, 6.45) is 7.82. The molecule has 0 atom stereocenters. The number of hydrogen-bond acceptors (Lipinski definition) is 4. The minimum Gasteiger partial charge on any atom is -0.287 e. The van der Waals surface area contributed by atoms with E-state index in [2.05, 4.69) is 24.6 Å². The van der Waals surface area contributed by atoms with Crippen LogP contribution in [0.5, 0.6) is 0 Å². The van der Waals surface area contributed by atoms with Gasteiger partial charge in [0.15, 0.2) is 0 Å². The van der Waals surface area contributed by atoms with Gasteiger partial charge in [0.2, 0.25) is 0 Å². The summed E-state index contributed by atoms with van der Waals surface area (Å²) in [4.78, 5) is 12.9. The van der Waals surface area contributed by atoms with E-state index >= 15 is 0 Å². The summed E-state index contributed by atoms with van der Waals surface area (Å²) in [5.74, 6) is 1.39. The highest BCUT2D eigenvalue weighted by Gasteiger charge is 2.21. The number of hydrogen-bond donors (Lipinski definition) is 0. The Balaban J connectivity index is 2.05. The van der Waals surface area contributed by atoms with Crippen molar-refractivity contribution in [3.63, 3.8) is 0 Å². The van der Waals surface area contributed by atoms with Crippen molar-refractivity contribution in [2.24, 2.45) is 0 Å². The molecule has 0 amide bonds. The first-order valence-corrected chi connectivity index (χ1v) is 7.05. The highest BCUT2D eigenvalue weighted by Crippen LogP contribution is 2.27. The zero-order valence-electron chi connectivity index (χ0n) is 11.0. The van der Waals surface area contributed by atoms with E-state index in [1.807, 2.05) is 13.3 Å². The molecule has 0 bridgehead atoms. The molecule has 6 nitrogen and oxygen atoms in total. The van der Waals surface area contributed by atoms with Crippen LogP contribution >= 0.6 is 11.6 Å². The molecule has 1 aliphatic rings. The third-order valence-electron chi connectivity index (χ3n) is 3.83. The Morgan fingerprint density at radius 1 is 1.20 bits per heavy atom. The molecule has 7 heteroatoms. The molecule has 0 saturated carbocycles. The number of rotatable bonds is 1. The van der Waals surface area contributed by atoms with Crippen LogP contribution in [0.2, 0.25) is 5.15 Å². The highest BCUT2D eigenvalue weighted by atomic mass is 35.5. The van der Waals surface area contributed by atoms with Crippen LogP contribution in [-0.2, 0) is 12.8 Å². The number of aromatic nitrogens is 6. The normalized spacial score (nSPS) is 14.7. The molecule has 3 aromatic rings. The molecule has 4 rings (SSSR count). The Labute approximate surface area is 120 Å². The SMILES string of the molecule is Cc1c(Cl)nc2ncnn2c1-n1cnc2c1CCCC2. The van der Waals surface area contributed by atoms with Crippen molar-refractivity contribution in [3.05, 3.63) is 34.8 Å². The lowest BCUT2D eigenvalue weighted by atomic mass is 10.0. The Kier molecular flexibility index (Phi) is 2.53. The molecule has 0 spiro atoms. The highest BCUT2D eigenvalue weighted by molar-refractivity contribution is 6.30. The fourth-order valence-corrected chi connectivity index (χ4v) is 2.98. The van der Waals surface area contributed by atoms with Gasteiger partial charge in [-0.15, -0.1) is 0 Å². The maximum atomic E-state index is 6.22. The first kappa shape index (κ1) is 11.8. The van der Waals surface area contributed by atoms with Crippen molar-refractivity contribution in [1.82, 2.24) is 29.1 Å². The van der Waals surface area contributed by atoms with Gasteiger partial charge in [0.1, 0.15) is 23.6 Å². The van der Waals surface area contributed by atoms with Crippen LogP contribution < -0.4 is 0 Å². The molecule has 0 unspecified atom stereocenters. The van der Waals surface area contributed by atoms with Gasteiger partial charge in [0.25, 0.3) is 5.78 Å². The average molecular weight is 289 g/mol. The van der Waals surface area contributed by atoms with E-state index in [1.54, 1.807) is 4.52 Å². The van der Waals surface area contributed by atoms with E-state index in [9.17, 15) is 0 Å². The van der Waals surface area contributed by atoms with Crippen molar-refractivity contribution in [3.8, 4) is 5.82 Å². The third-order valence-corrected chi connectivity index (χ3v) is 4.20. The summed E-state index contributed by atoms with van der Waals surface area (Å²) < 4.78 is 3.80. The third kappa shape index (κ3) is 1.57. The number of aryl methyl sites for hydroxylation is 1. The lowest BCUT2D eigenvalue weighted by Gasteiger charge is -2.16. The van der Waals surface area contributed by atoms with Gasteiger partial charge in [0.05, 0.1) is 5.69 Å². The van der Waals surface area contributed by atoms with Crippen molar-refractivity contribution >= 4 is 17.4 Å². The lowest BCUT2D eigenvalue weighted by molar-refractivity contribution is 0.650. The predicted octanol–water partition coefficient (Wildman–Crippen LogP) is 2.15. The fraction of sp³-hybridized carbons (Fsp3) is 0.385. The molecule has 0 saturated heterocycles. The molecular formula is C13H13ClN6. The van der Waals surface area contributed by atoms with Crippen LogP contribution in [0, 0.1) is 6.92 Å². The minimum absolute atomic E-state index is 0.457. The summed E-state index contributed by atoms with van der Waals surface area (Å²) in [5.41, 5.74) is 3.31. The number of nitrogens with zero attached hydrogens (tertiary/aromatic N) is 6. The van der Waals surface area contributed by atoms with Gasteiger partial charge in [0, 0.05) is 11.3 Å². The van der Waals surface area contributed by atoms with E-state index < -0.39 is 0 Å². The van der Waals surface area contributed by atoms with Crippen molar-refractivity contribution in [2.75, 3.05) is 0 Å². The first-order valence-electron chi connectivity index (χ1n) is 6.67. The molecule has 0 aromatic carbocycles. The van der Waals surface area contributed by atoms with Crippen molar-refractivity contribution in [2.45, 2.75) is 32.6 Å². The van der Waals surface area contributed by atoms with Crippen LogP contribution in [0.1, 0.15) is 29.8 Å². The van der Waals surface area contributed by atoms with Crippen molar-refractivity contribution < 1.29 is 0 Å². The molecule has 0 radical (unpaired) electrons. The summed E-state index contributed by atoms with van der Waals surface area (Å²) in [5, 5.41) is 4.72. The lowest BCUT2D eigenvalue weighted by Crippen LogP contribution is -2.12. The van der Waals surface area contributed by atoms with E-state index in [1.165, 1.54) is 30.6 Å². The quantitative estimate of drug-likeness (QED) is 0.644. The maximum Gasteiger partial charge on any atom is 0.255 e. The molecule has 3 aromatic heterocycles. The molecule has 102 valence electrons. The zero-order valence-corrected chi connectivity index (χ0v) is 11.8. The monoisotopic (exact) mass is 288 g/mol. The fourth-order valence-electron chi connectivity index (χ4n) is 2.82. The minimum atomic E-state index is 0.457. The Morgan fingerprint density at radius 2 is 2.05 bits per heavy atom. The van der Waals surface area contributed by atoms with Crippen molar-refractivity contribution in [1.29, 1.82) is 0 Å². The second-order valence-corrected chi connectivity index (χ2v) is 5.40. The van der Waals surface area contributed by atoms with Gasteiger partial charge in [-0.3, -0.25) is 4.57 Å². The molecule has 20 heavy (non-hydrogen) atoms. The number of imidazole rings is 1. The van der Waals surface area contributed by atoms with E-state index in [4.69, 9.17) is 11.6 Å². The largest absolute Gasteiger partial charge is 0.287 e. The second-order valence-electron chi connectivity index (χ2n) is 5.04. The molecule has 0 aliphatic heterocycles. The molecule has 1 aliphatic carbocycles. The Morgan fingerprint density at radius 3 is 2.95 bits per heavy atom. The Bertz CT molecular complexity index is 803. The average Bonchev–Trinajstić information content (AvgIpc) is 3.07. The standard InChI is InChI=1S/C13H13ClN6/c1-8-11(14)18-13-15-6-17-20(13)12(8)19-7-16-9-4-2-3-5-10(9)19/h6-7H,2-5H2,1H3. The molecule has 0 fully saturated rings. The van der Waals surface area contributed by atoms with Gasteiger partial charge in [-0.25, -0.2) is 4.98 Å². The Hall–Kier alpha value is -1.95. The number of fused-ring (bicyclic) bond motifs is 2. The van der Waals surface area contributed by atoms with Gasteiger partial charge in [-0.1, -0.05) is 11.6 Å². The van der Waals surface area contributed by atoms with Crippen LogP contribution in [0.25, 0.3) is 11.6 Å². The number of halogens is 1. The van der Waals surface area contributed by atoms with Gasteiger partial charge >= 0.3 is 0 Å². The van der Waals surface area contributed by atoms with Crippen LogP contribution in [-0.4, -0.2) is 29.1 Å². The summed E-state index contributed by atoms with van der Waals surface area (Å²) in [6.45, 7) is 1.95. The summed E-state index contributed by atoms with van der Waals surface area (Å²) in [7, 11) is 0. The summed E-state index contributed by atoms with van der Waals surface area (Å²) in [6, 6.07) is 0.